The molecule has 5 nitrogen and oxygen atoms in total. The highest BCUT2D eigenvalue weighted by Gasteiger charge is 2.14. The third-order valence-electron chi connectivity index (χ3n) is 5.52. The number of ether oxygens (including phenoxy) is 2. The van der Waals surface area contributed by atoms with Crippen molar-refractivity contribution in [3.8, 4) is 28.8 Å². The van der Waals surface area contributed by atoms with Crippen molar-refractivity contribution < 1.29 is 18.8 Å². The molecule has 5 heteroatoms. The summed E-state index contributed by atoms with van der Waals surface area (Å²) in [6, 6.07) is 14.7. The smallest absolute Gasteiger partial charge is 0.338 e. The van der Waals surface area contributed by atoms with Gasteiger partial charge in [0.15, 0.2) is 12.4 Å². The lowest BCUT2D eigenvalue weighted by molar-refractivity contribution is 0.0437. The van der Waals surface area contributed by atoms with Crippen LogP contribution in [0.15, 0.2) is 53.1 Å². The molecule has 4 rings (SSSR count). The second kappa shape index (κ2) is 9.53. The van der Waals surface area contributed by atoms with Crippen LogP contribution in [0.2, 0.25) is 0 Å². The van der Waals surface area contributed by atoms with E-state index in [0.717, 1.165) is 22.4 Å². The topological polar surface area (TPSA) is 61.6 Å². The minimum absolute atomic E-state index is 0.0181. The largest absolute Gasteiger partial charge is 0.497 e. The lowest BCUT2D eigenvalue weighted by atomic mass is 10.0. The maximum absolute atomic E-state index is 12.5. The number of benzene rings is 2. The summed E-state index contributed by atoms with van der Waals surface area (Å²) >= 11 is 0. The van der Waals surface area contributed by atoms with Gasteiger partial charge in [0.25, 0.3) is 0 Å². The van der Waals surface area contributed by atoms with E-state index in [0.29, 0.717) is 22.9 Å². The number of nitrogens with zero attached hydrogens (tertiary/aromatic N) is 1. The van der Waals surface area contributed by atoms with Crippen molar-refractivity contribution in [3.05, 3.63) is 71.0 Å². The summed E-state index contributed by atoms with van der Waals surface area (Å²) < 4.78 is 15.9. The zero-order valence-electron chi connectivity index (χ0n) is 17.8. The Labute approximate surface area is 182 Å². The standard InChI is InChI=1S/C26H25NO4/c1-18-15-22(10-9-20(18)8-7-19-5-3-4-6-19)26(28)30-17-24-16-25(27-31-24)21-11-13-23(29-2)14-12-21/h9-16,19H,3-6,17H2,1-2H3. The molecule has 1 heterocycles. The Hall–Kier alpha value is -3.52. The Bertz CT molecular complexity index is 1110. The molecule has 0 unspecified atom stereocenters. The van der Waals surface area contributed by atoms with Gasteiger partial charge < -0.3 is 14.0 Å². The monoisotopic (exact) mass is 415 g/mol. The Kier molecular flexibility index (Phi) is 6.37. The zero-order valence-corrected chi connectivity index (χ0v) is 17.8. The first-order valence-corrected chi connectivity index (χ1v) is 10.5. The molecule has 1 fully saturated rings. The minimum Gasteiger partial charge on any atom is -0.497 e. The van der Waals surface area contributed by atoms with Crippen LogP contribution in [0.25, 0.3) is 11.3 Å². The van der Waals surface area contributed by atoms with Gasteiger partial charge >= 0.3 is 5.97 Å². The molecular weight excluding hydrogens is 390 g/mol. The van der Waals surface area contributed by atoms with Crippen molar-refractivity contribution in [2.24, 2.45) is 5.92 Å². The first-order valence-electron chi connectivity index (χ1n) is 10.5. The first-order chi connectivity index (χ1) is 15.1. The van der Waals surface area contributed by atoms with Crippen molar-refractivity contribution in [2.75, 3.05) is 7.11 Å². The zero-order chi connectivity index (χ0) is 21.6. The summed E-state index contributed by atoms with van der Waals surface area (Å²) in [5.74, 6) is 7.99. The minimum atomic E-state index is -0.402. The summed E-state index contributed by atoms with van der Waals surface area (Å²) in [6.07, 6.45) is 4.93. The van der Waals surface area contributed by atoms with E-state index in [1.54, 1.807) is 19.2 Å². The average Bonchev–Trinajstić information content (AvgIpc) is 3.49. The molecular formula is C26H25NO4. The number of esters is 1. The summed E-state index contributed by atoms with van der Waals surface area (Å²) in [5.41, 5.74) is 4.00. The summed E-state index contributed by atoms with van der Waals surface area (Å²) in [6.45, 7) is 1.98. The number of hydrogen-bond acceptors (Lipinski definition) is 5. The van der Waals surface area contributed by atoms with E-state index in [9.17, 15) is 4.79 Å². The maximum Gasteiger partial charge on any atom is 0.338 e. The van der Waals surface area contributed by atoms with E-state index >= 15 is 0 Å². The van der Waals surface area contributed by atoms with Gasteiger partial charge in [-0.1, -0.05) is 29.8 Å². The Morgan fingerprint density at radius 3 is 2.61 bits per heavy atom. The van der Waals surface area contributed by atoms with Crippen LogP contribution < -0.4 is 4.74 Å². The van der Waals surface area contributed by atoms with Crippen LogP contribution in [-0.4, -0.2) is 18.2 Å². The highest BCUT2D eigenvalue weighted by Crippen LogP contribution is 2.24. The highest BCUT2D eigenvalue weighted by atomic mass is 16.5. The van der Waals surface area contributed by atoms with Crippen molar-refractivity contribution in [2.45, 2.75) is 39.2 Å². The maximum atomic E-state index is 12.5. The van der Waals surface area contributed by atoms with E-state index in [1.165, 1.54) is 25.7 Å². The Morgan fingerprint density at radius 1 is 1.13 bits per heavy atom. The molecule has 0 amide bonds. The van der Waals surface area contributed by atoms with Gasteiger partial charge in [0.1, 0.15) is 11.4 Å². The van der Waals surface area contributed by atoms with Gasteiger partial charge in [-0.2, -0.15) is 0 Å². The van der Waals surface area contributed by atoms with E-state index in [1.807, 2.05) is 43.3 Å². The van der Waals surface area contributed by atoms with Crippen LogP contribution in [0.3, 0.4) is 0 Å². The van der Waals surface area contributed by atoms with Crippen LogP contribution in [-0.2, 0) is 11.3 Å². The summed E-state index contributed by atoms with van der Waals surface area (Å²) in [7, 11) is 1.62. The molecule has 0 atom stereocenters. The predicted molar refractivity (Wildman–Crippen MR) is 118 cm³/mol. The number of aryl methyl sites for hydroxylation is 1. The van der Waals surface area contributed by atoms with Crippen LogP contribution >= 0.6 is 0 Å². The summed E-state index contributed by atoms with van der Waals surface area (Å²) in [5, 5.41) is 4.05. The van der Waals surface area contributed by atoms with E-state index in [-0.39, 0.29) is 6.61 Å². The molecule has 0 bridgehead atoms. The number of carbonyl (C=O) groups is 1. The van der Waals surface area contributed by atoms with Crippen LogP contribution in [0.4, 0.5) is 0 Å². The molecule has 158 valence electrons. The normalized spacial score (nSPS) is 13.5. The van der Waals surface area contributed by atoms with Crippen LogP contribution in [0, 0.1) is 24.7 Å². The van der Waals surface area contributed by atoms with Crippen molar-refractivity contribution in [1.29, 1.82) is 0 Å². The number of methoxy groups -OCH3 is 1. The molecule has 1 aliphatic rings. The number of rotatable bonds is 5. The molecule has 2 aromatic carbocycles. The third-order valence-corrected chi connectivity index (χ3v) is 5.52. The molecule has 3 aromatic rings. The predicted octanol–water partition coefficient (Wildman–Crippen LogP) is 5.56. The van der Waals surface area contributed by atoms with Crippen LogP contribution in [0.1, 0.15) is 52.9 Å². The second-order valence-corrected chi connectivity index (χ2v) is 7.76. The second-order valence-electron chi connectivity index (χ2n) is 7.76. The SMILES string of the molecule is COc1ccc(-c2cc(COC(=O)c3ccc(C#CC4CCCC4)c(C)c3)on2)cc1. The molecule has 1 saturated carbocycles. The number of aromatic nitrogens is 1. The highest BCUT2D eigenvalue weighted by molar-refractivity contribution is 5.89. The quantitative estimate of drug-likeness (QED) is 0.403. The van der Waals surface area contributed by atoms with E-state index < -0.39 is 5.97 Å². The molecule has 0 N–H and O–H groups in total. The molecule has 0 spiro atoms. The molecule has 31 heavy (non-hydrogen) atoms. The lowest BCUT2D eigenvalue weighted by Crippen LogP contribution is -2.05. The molecule has 0 radical (unpaired) electrons. The number of carbonyl (C=O) groups excluding carboxylic acids is 1. The molecule has 1 aromatic heterocycles. The molecule has 0 saturated heterocycles. The van der Waals surface area contributed by atoms with Gasteiger partial charge in [0.05, 0.1) is 12.7 Å². The van der Waals surface area contributed by atoms with Crippen molar-refractivity contribution >= 4 is 5.97 Å². The van der Waals surface area contributed by atoms with Gasteiger partial charge in [-0.3, -0.25) is 0 Å². The summed E-state index contributed by atoms with van der Waals surface area (Å²) in [4.78, 5) is 12.5. The van der Waals surface area contributed by atoms with E-state index in [2.05, 4.69) is 17.0 Å². The van der Waals surface area contributed by atoms with Gasteiger partial charge in [-0.15, -0.1) is 0 Å². The van der Waals surface area contributed by atoms with Gasteiger partial charge in [-0.25, -0.2) is 4.79 Å². The first kappa shape index (κ1) is 20.7. The van der Waals surface area contributed by atoms with Crippen molar-refractivity contribution in [1.82, 2.24) is 5.16 Å². The Morgan fingerprint density at radius 2 is 1.90 bits per heavy atom. The number of hydrogen-bond donors (Lipinski definition) is 0. The molecule has 1 aliphatic carbocycles. The van der Waals surface area contributed by atoms with Crippen LogP contribution in [0.5, 0.6) is 5.75 Å². The Balaban J connectivity index is 1.36. The molecule has 0 aliphatic heterocycles. The fourth-order valence-electron chi connectivity index (χ4n) is 3.68. The lowest BCUT2D eigenvalue weighted by Gasteiger charge is -2.05. The van der Waals surface area contributed by atoms with Gasteiger partial charge in [0.2, 0.25) is 0 Å². The fraction of sp³-hybridized carbons (Fsp3) is 0.308. The van der Waals surface area contributed by atoms with Crippen molar-refractivity contribution in [3.63, 3.8) is 0 Å². The van der Waals surface area contributed by atoms with E-state index in [4.69, 9.17) is 14.0 Å². The third kappa shape index (κ3) is 5.16. The van der Waals surface area contributed by atoms with Gasteiger partial charge in [0, 0.05) is 23.1 Å². The fourth-order valence-corrected chi connectivity index (χ4v) is 3.68. The van der Waals surface area contributed by atoms with Gasteiger partial charge in [-0.05, 0) is 67.8 Å². The average molecular weight is 415 g/mol.